The summed E-state index contributed by atoms with van der Waals surface area (Å²) in [6.45, 7) is 2.72. The Kier molecular flexibility index (Phi) is 4.67. The number of carbonyl (C=O) groups excluding carboxylic acids is 2. The van der Waals surface area contributed by atoms with Crippen LogP contribution in [0.15, 0.2) is 48.7 Å². The second-order valence-corrected chi connectivity index (χ2v) is 6.59. The highest BCUT2D eigenvalue weighted by Gasteiger charge is 2.41. The number of halogens is 1. The van der Waals surface area contributed by atoms with Crippen LogP contribution in [0.4, 0.5) is 0 Å². The second-order valence-electron chi connectivity index (χ2n) is 6.16. The SMILES string of the molecule is CC(=O)C1(c2ccccc2)CCN(C(=O)c2ccc(Cl)cn2)CC1. The summed E-state index contributed by atoms with van der Waals surface area (Å²) < 4.78 is 0. The van der Waals surface area contributed by atoms with Crippen LogP contribution in [0.25, 0.3) is 0 Å². The number of benzene rings is 1. The van der Waals surface area contributed by atoms with Gasteiger partial charge >= 0.3 is 0 Å². The van der Waals surface area contributed by atoms with Crippen molar-refractivity contribution in [2.45, 2.75) is 25.2 Å². The number of ketones is 1. The summed E-state index contributed by atoms with van der Waals surface area (Å²) in [6, 6.07) is 13.1. The van der Waals surface area contributed by atoms with E-state index < -0.39 is 5.41 Å². The lowest BCUT2D eigenvalue weighted by Gasteiger charge is -2.40. The third kappa shape index (κ3) is 3.06. The van der Waals surface area contributed by atoms with Crippen LogP contribution >= 0.6 is 11.6 Å². The van der Waals surface area contributed by atoms with Crippen LogP contribution in [0.2, 0.25) is 5.02 Å². The highest BCUT2D eigenvalue weighted by Crippen LogP contribution is 2.36. The smallest absolute Gasteiger partial charge is 0.272 e. The zero-order valence-electron chi connectivity index (χ0n) is 13.5. The van der Waals surface area contributed by atoms with Gasteiger partial charge in [-0.25, -0.2) is 4.98 Å². The van der Waals surface area contributed by atoms with Crippen LogP contribution in [-0.4, -0.2) is 34.7 Å². The summed E-state index contributed by atoms with van der Waals surface area (Å²) in [5, 5.41) is 0.505. The van der Waals surface area contributed by atoms with Gasteiger partial charge in [0, 0.05) is 19.3 Å². The molecule has 0 bridgehead atoms. The van der Waals surface area contributed by atoms with E-state index in [-0.39, 0.29) is 11.7 Å². The minimum absolute atomic E-state index is 0.114. The lowest BCUT2D eigenvalue weighted by molar-refractivity contribution is -0.124. The van der Waals surface area contributed by atoms with Crippen LogP contribution in [0.3, 0.4) is 0 Å². The summed E-state index contributed by atoms with van der Waals surface area (Å²) >= 11 is 5.82. The van der Waals surface area contributed by atoms with E-state index in [1.807, 2.05) is 30.3 Å². The Hall–Kier alpha value is -2.20. The van der Waals surface area contributed by atoms with E-state index in [9.17, 15) is 9.59 Å². The normalized spacial score (nSPS) is 16.7. The molecule has 1 aromatic carbocycles. The van der Waals surface area contributed by atoms with Gasteiger partial charge in [-0.15, -0.1) is 0 Å². The molecule has 0 radical (unpaired) electrons. The number of hydrogen-bond donors (Lipinski definition) is 0. The van der Waals surface area contributed by atoms with Crippen molar-refractivity contribution in [3.8, 4) is 0 Å². The molecule has 1 amide bonds. The first-order valence-electron chi connectivity index (χ1n) is 8.00. The molecular weight excluding hydrogens is 324 g/mol. The highest BCUT2D eigenvalue weighted by molar-refractivity contribution is 6.30. The van der Waals surface area contributed by atoms with Gasteiger partial charge < -0.3 is 4.90 Å². The molecule has 4 nitrogen and oxygen atoms in total. The molecule has 0 aliphatic carbocycles. The number of hydrogen-bond acceptors (Lipinski definition) is 3. The lowest BCUT2D eigenvalue weighted by Crippen LogP contribution is -2.48. The molecule has 0 N–H and O–H groups in total. The molecule has 0 spiro atoms. The van der Waals surface area contributed by atoms with Gasteiger partial charge in [0.25, 0.3) is 5.91 Å². The van der Waals surface area contributed by atoms with Crippen molar-refractivity contribution >= 4 is 23.3 Å². The number of rotatable bonds is 3. The number of carbonyl (C=O) groups is 2. The van der Waals surface area contributed by atoms with Gasteiger partial charge in [0.1, 0.15) is 11.5 Å². The van der Waals surface area contributed by atoms with E-state index in [1.165, 1.54) is 6.20 Å². The van der Waals surface area contributed by atoms with Gasteiger partial charge in [0.15, 0.2) is 0 Å². The first-order chi connectivity index (χ1) is 11.5. The zero-order chi connectivity index (χ0) is 17.2. The predicted octanol–water partition coefficient (Wildman–Crippen LogP) is 3.50. The maximum absolute atomic E-state index is 12.6. The number of Topliss-reactive ketones (excluding diaryl/α,β-unsaturated/α-hetero) is 1. The van der Waals surface area contributed by atoms with Gasteiger partial charge in [-0.3, -0.25) is 9.59 Å². The fourth-order valence-electron chi connectivity index (χ4n) is 3.36. The fraction of sp³-hybridized carbons (Fsp3) is 0.316. The van der Waals surface area contributed by atoms with E-state index in [2.05, 4.69) is 4.98 Å². The van der Waals surface area contributed by atoms with E-state index in [1.54, 1.807) is 24.0 Å². The molecule has 3 rings (SSSR count). The Labute approximate surface area is 146 Å². The van der Waals surface area contributed by atoms with Crippen LogP contribution in [0.1, 0.15) is 35.8 Å². The summed E-state index contributed by atoms with van der Waals surface area (Å²) in [7, 11) is 0. The lowest BCUT2D eigenvalue weighted by atomic mass is 9.70. The number of amides is 1. The van der Waals surface area contributed by atoms with Crippen molar-refractivity contribution < 1.29 is 9.59 Å². The molecule has 1 saturated heterocycles. The summed E-state index contributed by atoms with van der Waals surface area (Å²) in [5.41, 5.74) is 0.925. The Morgan fingerprint density at radius 3 is 2.29 bits per heavy atom. The summed E-state index contributed by atoms with van der Waals surface area (Å²) in [6.07, 6.45) is 2.74. The number of piperidine rings is 1. The average molecular weight is 343 g/mol. The molecule has 1 fully saturated rings. The topological polar surface area (TPSA) is 50.3 Å². The molecule has 1 aromatic heterocycles. The molecular formula is C19H19ClN2O2. The molecule has 124 valence electrons. The van der Waals surface area contributed by atoms with Crippen LogP contribution in [0.5, 0.6) is 0 Å². The molecule has 5 heteroatoms. The molecule has 2 aromatic rings. The summed E-state index contributed by atoms with van der Waals surface area (Å²) in [5.74, 6) is 0.0438. The van der Waals surface area contributed by atoms with Crippen molar-refractivity contribution in [3.05, 3.63) is 64.9 Å². The Morgan fingerprint density at radius 1 is 1.08 bits per heavy atom. The molecule has 24 heavy (non-hydrogen) atoms. The Bertz CT molecular complexity index is 736. The summed E-state index contributed by atoms with van der Waals surface area (Å²) in [4.78, 5) is 30.8. The maximum Gasteiger partial charge on any atom is 0.272 e. The minimum Gasteiger partial charge on any atom is -0.337 e. The molecule has 0 atom stereocenters. The number of nitrogens with zero attached hydrogens (tertiary/aromatic N) is 2. The second kappa shape index (κ2) is 6.73. The monoisotopic (exact) mass is 342 g/mol. The first-order valence-corrected chi connectivity index (χ1v) is 8.38. The van der Waals surface area contributed by atoms with Crippen LogP contribution in [0, 0.1) is 0 Å². The number of aromatic nitrogens is 1. The van der Waals surface area contributed by atoms with Crippen molar-refractivity contribution in [1.82, 2.24) is 9.88 Å². The minimum atomic E-state index is -0.495. The van der Waals surface area contributed by atoms with E-state index in [4.69, 9.17) is 11.6 Å². The van der Waals surface area contributed by atoms with Crippen molar-refractivity contribution in [2.75, 3.05) is 13.1 Å². The standard InChI is InChI=1S/C19H19ClN2O2/c1-14(23)19(15-5-3-2-4-6-15)9-11-22(12-10-19)18(24)17-8-7-16(20)13-21-17/h2-8,13H,9-12H2,1H3. The predicted molar refractivity (Wildman–Crippen MR) is 93.2 cm³/mol. The molecule has 0 unspecified atom stereocenters. The van der Waals surface area contributed by atoms with Gasteiger partial charge in [0.05, 0.1) is 10.4 Å². The van der Waals surface area contributed by atoms with Crippen LogP contribution in [-0.2, 0) is 10.2 Å². The average Bonchev–Trinajstić information content (AvgIpc) is 2.62. The third-order valence-corrected chi connectivity index (χ3v) is 5.07. The molecule has 0 saturated carbocycles. The van der Waals surface area contributed by atoms with Gasteiger partial charge in [-0.2, -0.15) is 0 Å². The molecule has 1 aliphatic rings. The Balaban J connectivity index is 1.77. The number of pyridine rings is 1. The van der Waals surface area contributed by atoms with E-state index in [0.29, 0.717) is 36.6 Å². The Morgan fingerprint density at radius 2 is 1.75 bits per heavy atom. The quantitative estimate of drug-likeness (QED) is 0.857. The van der Waals surface area contributed by atoms with Crippen molar-refractivity contribution in [2.24, 2.45) is 0 Å². The number of likely N-dealkylation sites (tertiary alicyclic amines) is 1. The van der Waals surface area contributed by atoms with Gasteiger partial charge in [-0.05, 0) is 37.5 Å². The maximum atomic E-state index is 12.6. The third-order valence-electron chi connectivity index (χ3n) is 4.85. The van der Waals surface area contributed by atoms with Crippen LogP contribution < -0.4 is 0 Å². The highest BCUT2D eigenvalue weighted by atomic mass is 35.5. The van der Waals surface area contributed by atoms with Gasteiger partial charge in [-0.1, -0.05) is 41.9 Å². The zero-order valence-corrected chi connectivity index (χ0v) is 14.3. The first kappa shape index (κ1) is 16.7. The molecule has 2 heterocycles. The van der Waals surface area contributed by atoms with Crippen molar-refractivity contribution in [1.29, 1.82) is 0 Å². The largest absolute Gasteiger partial charge is 0.337 e. The fourth-order valence-corrected chi connectivity index (χ4v) is 3.47. The molecule has 1 aliphatic heterocycles. The van der Waals surface area contributed by atoms with E-state index >= 15 is 0 Å². The van der Waals surface area contributed by atoms with E-state index in [0.717, 1.165) is 5.56 Å². The van der Waals surface area contributed by atoms with Gasteiger partial charge in [0.2, 0.25) is 0 Å². The van der Waals surface area contributed by atoms with Crippen molar-refractivity contribution in [3.63, 3.8) is 0 Å².